The van der Waals surface area contributed by atoms with E-state index in [1.807, 2.05) is 0 Å². The highest BCUT2D eigenvalue weighted by molar-refractivity contribution is 7.15. The third-order valence-electron chi connectivity index (χ3n) is 3.73. The Kier molecular flexibility index (Phi) is 6.66. The van der Waals surface area contributed by atoms with Crippen molar-refractivity contribution in [3.05, 3.63) is 40.4 Å². The molecule has 0 aliphatic carbocycles. The van der Waals surface area contributed by atoms with Gasteiger partial charge < -0.3 is 4.74 Å². The summed E-state index contributed by atoms with van der Waals surface area (Å²) in [5, 5.41) is 1.06. The van der Waals surface area contributed by atoms with Gasteiger partial charge in [0.25, 0.3) is 0 Å². The van der Waals surface area contributed by atoms with Crippen LogP contribution in [0.5, 0.6) is 0 Å². The summed E-state index contributed by atoms with van der Waals surface area (Å²) in [6.45, 7) is 6.80. The summed E-state index contributed by atoms with van der Waals surface area (Å²) in [5.74, 6) is 0.484. The number of hydrogen-bond donors (Lipinski definition) is 0. The number of hydrogen-bond acceptors (Lipinski definition) is 4. The van der Waals surface area contributed by atoms with Crippen LogP contribution < -0.4 is 0 Å². The molecule has 2 aromatic rings. The standard InChI is InChI=1S/C16H19ClN2OS.ClH/c1-12-15(10-17)18-16(21-12)14-4-2-13(3-5-14)11-19-6-8-20-9-7-19;/h2-5H,6-11H2,1H3;1H. The molecular formula is C16H20Cl2N2OS. The molecule has 0 unspecified atom stereocenters. The van der Waals surface area contributed by atoms with E-state index in [0.29, 0.717) is 5.88 Å². The molecule has 0 atom stereocenters. The first-order valence-electron chi connectivity index (χ1n) is 7.18. The van der Waals surface area contributed by atoms with Gasteiger partial charge in [-0.2, -0.15) is 0 Å². The highest BCUT2D eigenvalue weighted by atomic mass is 35.5. The normalized spacial score (nSPS) is 15.5. The summed E-state index contributed by atoms with van der Waals surface area (Å²) in [6.07, 6.45) is 0. The Morgan fingerprint density at radius 1 is 1.23 bits per heavy atom. The summed E-state index contributed by atoms with van der Waals surface area (Å²) in [5.41, 5.74) is 3.51. The van der Waals surface area contributed by atoms with Crippen LogP contribution in [0.4, 0.5) is 0 Å². The van der Waals surface area contributed by atoms with E-state index in [4.69, 9.17) is 16.3 Å². The van der Waals surface area contributed by atoms with E-state index in [2.05, 4.69) is 41.1 Å². The van der Waals surface area contributed by atoms with Crippen LogP contribution in [-0.4, -0.2) is 36.2 Å². The zero-order valence-electron chi connectivity index (χ0n) is 12.5. The number of aryl methyl sites for hydroxylation is 1. The van der Waals surface area contributed by atoms with Crippen LogP contribution in [0.15, 0.2) is 24.3 Å². The van der Waals surface area contributed by atoms with Crippen molar-refractivity contribution in [3.63, 3.8) is 0 Å². The summed E-state index contributed by atoms with van der Waals surface area (Å²) in [7, 11) is 0. The number of ether oxygens (including phenoxy) is 1. The molecule has 120 valence electrons. The van der Waals surface area contributed by atoms with Gasteiger partial charge in [-0.3, -0.25) is 4.90 Å². The molecule has 0 N–H and O–H groups in total. The maximum Gasteiger partial charge on any atom is 0.123 e. The maximum atomic E-state index is 5.90. The Labute approximate surface area is 146 Å². The van der Waals surface area contributed by atoms with Crippen molar-refractivity contribution in [2.75, 3.05) is 26.3 Å². The minimum atomic E-state index is 0. The van der Waals surface area contributed by atoms with Crippen LogP contribution in [0, 0.1) is 6.92 Å². The largest absolute Gasteiger partial charge is 0.379 e. The Hall–Kier alpha value is -0.650. The van der Waals surface area contributed by atoms with Gasteiger partial charge in [-0.25, -0.2) is 4.98 Å². The average molecular weight is 359 g/mol. The summed E-state index contributed by atoms with van der Waals surface area (Å²) < 4.78 is 5.38. The van der Waals surface area contributed by atoms with Gasteiger partial charge in [0, 0.05) is 30.1 Å². The number of halogens is 2. The lowest BCUT2D eigenvalue weighted by atomic mass is 10.1. The molecule has 6 heteroatoms. The molecule has 1 aromatic heterocycles. The lowest BCUT2D eigenvalue weighted by molar-refractivity contribution is 0.0342. The van der Waals surface area contributed by atoms with Crippen LogP contribution in [0.1, 0.15) is 16.1 Å². The molecule has 0 bridgehead atoms. The first-order chi connectivity index (χ1) is 10.3. The second kappa shape index (κ2) is 8.27. The van der Waals surface area contributed by atoms with Crippen LogP contribution >= 0.6 is 35.3 Å². The number of morpholine rings is 1. The maximum absolute atomic E-state index is 5.90. The number of alkyl halides is 1. The SMILES string of the molecule is Cc1sc(-c2ccc(CN3CCOCC3)cc2)nc1CCl.Cl. The number of aromatic nitrogens is 1. The minimum absolute atomic E-state index is 0. The molecule has 0 spiro atoms. The Balaban J connectivity index is 0.00000176. The molecule has 1 aliphatic heterocycles. The van der Waals surface area contributed by atoms with Gasteiger partial charge in [0.15, 0.2) is 0 Å². The molecule has 0 saturated carbocycles. The smallest absolute Gasteiger partial charge is 0.123 e. The van der Waals surface area contributed by atoms with E-state index in [0.717, 1.165) is 43.5 Å². The second-order valence-corrected chi connectivity index (χ2v) is 6.71. The van der Waals surface area contributed by atoms with E-state index in [1.54, 1.807) is 11.3 Å². The van der Waals surface area contributed by atoms with Crippen LogP contribution in [0.3, 0.4) is 0 Å². The first kappa shape index (κ1) is 17.7. The predicted molar refractivity (Wildman–Crippen MR) is 95.2 cm³/mol. The molecule has 1 aliphatic rings. The molecule has 0 amide bonds. The third-order valence-corrected chi connectivity index (χ3v) is 5.05. The van der Waals surface area contributed by atoms with Gasteiger partial charge in [0.2, 0.25) is 0 Å². The van der Waals surface area contributed by atoms with Crippen molar-refractivity contribution in [3.8, 4) is 10.6 Å². The Morgan fingerprint density at radius 3 is 2.50 bits per heavy atom. The monoisotopic (exact) mass is 358 g/mol. The van der Waals surface area contributed by atoms with Crippen LogP contribution in [0.2, 0.25) is 0 Å². The zero-order chi connectivity index (χ0) is 14.7. The minimum Gasteiger partial charge on any atom is -0.379 e. The number of thiazole rings is 1. The topological polar surface area (TPSA) is 25.4 Å². The second-order valence-electron chi connectivity index (χ2n) is 5.24. The molecule has 2 heterocycles. The van der Waals surface area contributed by atoms with Gasteiger partial charge in [-0.15, -0.1) is 35.3 Å². The predicted octanol–water partition coefficient (Wildman–Crippen LogP) is 4.11. The van der Waals surface area contributed by atoms with Crippen LogP contribution in [-0.2, 0) is 17.2 Å². The van der Waals surface area contributed by atoms with Gasteiger partial charge in [0.1, 0.15) is 5.01 Å². The Bertz CT molecular complexity index is 595. The van der Waals surface area contributed by atoms with Crippen LogP contribution in [0.25, 0.3) is 10.6 Å². The number of benzene rings is 1. The van der Waals surface area contributed by atoms with E-state index in [9.17, 15) is 0 Å². The third kappa shape index (κ3) is 4.21. The average Bonchev–Trinajstić information content (AvgIpc) is 2.90. The van der Waals surface area contributed by atoms with E-state index in [-0.39, 0.29) is 12.4 Å². The highest BCUT2D eigenvalue weighted by Gasteiger charge is 2.12. The van der Waals surface area contributed by atoms with Crippen molar-refractivity contribution < 1.29 is 4.74 Å². The fourth-order valence-electron chi connectivity index (χ4n) is 2.45. The van der Waals surface area contributed by atoms with Crippen molar-refractivity contribution >= 4 is 35.3 Å². The lowest BCUT2D eigenvalue weighted by Gasteiger charge is -2.26. The fraction of sp³-hybridized carbons (Fsp3) is 0.438. The molecular weight excluding hydrogens is 339 g/mol. The first-order valence-corrected chi connectivity index (χ1v) is 8.53. The number of nitrogens with zero attached hydrogens (tertiary/aromatic N) is 2. The molecule has 1 fully saturated rings. The molecule has 22 heavy (non-hydrogen) atoms. The molecule has 0 radical (unpaired) electrons. The summed E-state index contributed by atoms with van der Waals surface area (Å²) in [6, 6.07) is 8.71. The quantitative estimate of drug-likeness (QED) is 0.768. The van der Waals surface area contributed by atoms with Gasteiger partial charge in [-0.05, 0) is 12.5 Å². The van der Waals surface area contributed by atoms with Crippen molar-refractivity contribution in [2.45, 2.75) is 19.3 Å². The number of rotatable bonds is 4. The fourth-order valence-corrected chi connectivity index (χ4v) is 3.72. The van der Waals surface area contributed by atoms with E-state index in [1.165, 1.54) is 16.0 Å². The van der Waals surface area contributed by atoms with E-state index >= 15 is 0 Å². The molecule has 1 aromatic carbocycles. The van der Waals surface area contributed by atoms with E-state index < -0.39 is 0 Å². The molecule has 1 saturated heterocycles. The summed E-state index contributed by atoms with van der Waals surface area (Å²) >= 11 is 7.61. The van der Waals surface area contributed by atoms with Crippen molar-refractivity contribution in [2.24, 2.45) is 0 Å². The molecule has 3 rings (SSSR count). The zero-order valence-corrected chi connectivity index (χ0v) is 14.9. The highest BCUT2D eigenvalue weighted by Crippen LogP contribution is 2.28. The lowest BCUT2D eigenvalue weighted by Crippen LogP contribution is -2.35. The van der Waals surface area contributed by atoms with Crippen molar-refractivity contribution in [1.29, 1.82) is 0 Å². The van der Waals surface area contributed by atoms with Gasteiger partial charge in [0.05, 0.1) is 24.8 Å². The van der Waals surface area contributed by atoms with Gasteiger partial charge >= 0.3 is 0 Å². The molecule has 3 nitrogen and oxygen atoms in total. The van der Waals surface area contributed by atoms with Gasteiger partial charge in [-0.1, -0.05) is 24.3 Å². The van der Waals surface area contributed by atoms with Crippen molar-refractivity contribution in [1.82, 2.24) is 9.88 Å². The summed E-state index contributed by atoms with van der Waals surface area (Å²) in [4.78, 5) is 8.24. The Morgan fingerprint density at radius 2 is 1.91 bits per heavy atom.